The predicted octanol–water partition coefficient (Wildman–Crippen LogP) is 4.60. The highest BCUT2D eigenvalue weighted by Crippen LogP contribution is 2.26. The molecule has 5 nitrogen and oxygen atoms in total. The molecule has 0 saturated heterocycles. The molecule has 0 radical (unpaired) electrons. The number of carbonyl (C=O) groups excluding carboxylic acids is 2. The van der Waals surface area contributed by atoms with E-state index in [4.69, 9.17) is 4.42 Å². The molecule has 2 aromatic carbocycles. The fraction of sp³-hybridized carbons (Fsp3) is 0.158. The van der Waals surface area contributed by atoms with E-state index in [2.05, 4.69) is 5.32 Å². The molecule has 0 fully saturated rings. The van der Waals surface area contributed by atoms with E-state index in [1.165, 1.54) is 31.2 Å². The zero-order valence-electron chi connectivity index (χ0n) is 14.2. The van der Waals surface area contributed by atoms with E-state index in [1.54, 1.807) is 30.3 Å². The van der Waals surface area contributed by atoms with Crippen LogP contribution >= 0.6 is 0 Å². The normalized spacial score (nSPS) is 11.4. The minimum atomic E-state index is -4.98. The maximum Gasteiger partial charge on any atom is 0.471 e. The van der Waals surface area contributed by atoms with Crippen LogP contribution in [0, 0.1) is 0 Å². The number of nitrogens with one attached hydrogen (secondary N) is 1. The molecule has 1 aromatic heterocycles. The van der Waals surface area contributed by atoms with Gasteiger partial charge < -0.3 is 14.6 Å². The van der Waals surface area contributed by atoms with Crippen LogP contribution in [-0.4, -0.2) is 24.5 Å². The van der Waals surface area contributed by atoms with Gasteiger partial charge in [0.05, 0.1) is 0 Å². The third-order valence-electron chi connectivity index (χ3n) is 3.87. The maximum atomic E-state index is 12.7. The van der Waals surface area contributed by atoms with Gasteiger partial charge in [-0.3, -0.25) is 9.59 Å². The van der Waals surface area contributed by atoms with Gasteiger partial charge >= 0.3 is 12.1 Å². The summed E-state index contributed by atoms with van der Waals surface area (Å²) in [7, 11) is 0. The van der Waals surface area contributed by atoms with Crippen molar-refractivity contribution in [1.82, 2.24) is 0 Å². The number of halogens is 3. The second-order valence-corrected chi connectivity index (χ2v) is 5.70. The second-order valence-electron chi connectivity index (χ2n) is 5.70. The Balaban J connectivity index is 1.82. The number of anilines is 2. The first-order valence-electron chi connectivity index (χ1n) is 8.08. The third kappa shape index (κ3) is 3.94. The molecule has 0 aliphatic carbocycles. The Morgan fingerprint density at radius 2 is 1.81 bits per heavy atom. The number of nitrogens with zero attached hydrogens (tertiary/aromatic N) is 1. The number of alkyl halides is 3. The highest BCUT2D eigenvalue weighted by molar-refractivity contribution is 6.05. The van der Waals surface area contributed by atoms with E-state index in [9.17, 15) is 22.8 Å². The lowest BCUT2D eigenvalue weighted by atomic mass is 10.2. The van der Waals surface area contributed by atoms with Crippen molar-refractivity contribution in [3.63, 3.8) is 0 Å². The minimum Gasteiger partial charge on any atom is -0.451 e. The molecule has 0 bridgehead atoms. The molecule has 8 heteroatoms. The molecule has 1 N–H and O–H groups in total. The van der Waals surface area contributed by atoms with E-state index in [0.29, 0.717) is 10.5 Å². The number of carbonyl (C=O) groups is 2. The van der Waals surface area contributed by atoms with Crippen molar-refractivity contribution < 1.29 is 27.2 Å². The molecule has 0 saturated carbocycles. The number of furan rings is 1. The lowest BCUT2D eigenvalue weighted by molar-refractivity contribution is -0.170. The molecule has 0 aliphatic heterocycles. The number of hydrogen-bond acceptors (Lipinski definition) is 3. The quantitative estimate of drug-likeness (QED) is 0.724. The fourth-order valence-electron chi connectivity index (χ4n) is 2.63. The van der Waals surface area contributed by atoms with Crippen LogP contribution in [0.25, 0.3) is 11.0 Å². The average Bonchev–Trinajstić information content (AvgIpc) is 3.06. The van der Waals surface area contributed by atoms with Gasteiger partial charge in [0.25, 0.3) is 5.91 Å². The topological polar surface area (TPSA) is 62.6 Å². The van der Waals surface area contributed by atoms with E-state index >= 15 is 0 Å². The predicted molar refractivity (Wildman–Crippen MR) is 94.7 cm³/mol. The van der Waals surface area contributed by atoms with Crippen molar-refractivity contribution in [3.8, 4) is 0 Å². The van der Waals surface area contributed by atoms with Gasteiger partial charge in [-0.05, 0) is 37.3 Å². The highest BCUT2D eigenvalue weighted by Gasteiger charge is 2.42. The first kappa shape index (κ1) is 18.5. The van der Waals surface area contributed by atoms with Gasteiger partial charge in [0.1, 0.15) is 5.58 Å². The Hall–Kier alpha value is -3.29. The van der Waals surface area contributed by atoms with E-state index in [0.717, 1.165) is 5.39 Å². The van der Waals surface area contributed by atoms with Crippen LogP contribution in [0.1, 0.15) is 17.5 Å². The number of para-hydroxylation sites is 1. The summed E-state index contributed by atoms with van der Waals surface area (Å²) in [5, 5.41) is 3.32. The lowest BCUT2D eigenvalue weighted by Gasteiger charge is -2.22. The Morgan fingerprint density at radius 1 is 1.07 bits per heavy atom. The number of hydrogen-bond donors (Lipinski definition) is 1. The second kappa shape index (κ2) is 7.14. The molecule has 2 amide bonds. The maximum absolute atomic E-state index is 12.7. The van der Waals surface area contributed by atoms with Crippen LogP contribution in [0.2, 0.25) is 0 Å². The van der Waals surface area contributed by atoms with Gasteiger partial charge in [-0.2, -0.15) is 13.2 Å². The molecule has 3 rings (SSSR count). The van der Waals surface area contributed by atoms with Gasteiger partial charge in [0.15, 0.2) is 5.76 Å². The fourth-order valence-corrected chi connectivity index (χ4v) is 2.63. The van der Waals surface area contributed by atoms with Crippen molar-refractivity contribution in [3.05, 3.63) is 60.4 Å². The van der Waals surface area contributed by atoms with Gasteiger partial charge in [-0.25, -0.2) is 0 Å². The van der Waals surface area contributed by atoms with Crippen LogP contribution in [0.4, 0.5) is 24.5 Å². The molecular formula is C19H15F3N2O3. The largest absolute Gasteiger partial charge is 0.471 e. The smallest absolute Gasteiger partial charge is 0.451 e. The SMILES string of the molecule is CCN(C(=O)C(F)(F)F)c1cccc(NC(=O)c2cc3ccccc3o2)c1. The van der Waals surface area contributed by atoms with Crippen molar-refractivity contribution >= 4 is 34.2 Å². The Labute approximate surface area is 152 Å². The lowest BCUT2D eigenvalue weighted by Crippen LogP contribution is -2.41. The average molecular weight is 376 g/mol. The van der Waals surface area contributed by atoms with Gasteiger partial charge in [-0.1, -0.05) is 24.3 Å². The van der Waals surface area contributed by atoms with Crippen LogP contribution in [0.5, 0.6) is 0 Å². The van der Waals surface area contributed by atoms with E-state index in [1.807, 2.05) is 0 Å². The molecule has 0 atom stereocenters. The molecule has 0 aliphatic rings. The van der Waals surface area contributed by atoms with Crippen molar-refractivity contribution in [2.45, 2.75) is 13.1 Å². The molecule has 0 unspecified atom stereocenters. The number of fused-ring (bicyclic) bond motifs is 1. The highest BCUT2D eigenvalue weighted by atomic mass is 19.4. The number of rotatable bonds is 4. The summed E-state index contributed by atoms with van der Waals surface area (Å²) in [4.78, 5) is 24.5. The van der Waals surface area contributed by atoms with Crippen molar-refractivity contribution in [2.75, 3.05) is 16.8 Å². The molecule has 27 heavy (non-hydrogen) atoms. The number of benzene rings is 2. The third-order valence-corrected chi connectivity index (χ3v) is 3.87. The standard InChI is InChI=1S/C19H15F3N2O3/c1-2-24(18(26)19(20,21)22)14-8-5-7-13(11-14)23-17(25)16-10-12-6-3-4-9-15(12)27-16/h3-11H,2H2,1H3,(H,23,25). The van der Waals surface area contributed by atoms with Crippen LogP contribution < -0.4 is 10.2 Å². The summed E-state index contributed by atoms with van der Waals surface area (Å²) in [6, 6.07) is 14.3. The van der Waals surface area contributed by atoms with Crippen LogP contribution in [0.3, 0.4) is 0 Å². The van der Waals surface area contributed by atoms with Crippen LogP contribution in [0.15, 0.2) is 59.0 Å². The Bertz CT molecular complexity index is 962. The summed E-state index contributed by atoms with van der Waals surface area (Å²) < 4.78 is 43.7. The number of amides is 2. The summed E-state index contributed by atoms with van der Waals surface area (Å²) in [6.45, 7) is 1.27. The van der Waals surface area contributed by atoms with Gasteiger partial charge in [0.2, 0.25) is 0 Å². The summed E-state index contributed by atoms with van der Waals surface area (Å²) >= 11 is 0. The zero-order valence-corrected chi connectivity index (χ0v) is 14.2. The van der Waals surface area contributed by atoms with Gasteiger partial charge in [0, 0.05) is 23.3 Å². The minimum absolute atomic E-state index is 0.0298. The Morgan fingerprint density at radius 3 is 2.48 bits per heavy atom. The van der Waals surface area contributed by atoms with Crippen molar-refractivity contribution in [2.24, 2.45) is 0 Å². The van der Waals surface area contributed by atoms with E-state index in [-0.39, 0.29) is 23.7 Å². The monoisotopic (exact) mass is 376 g/mol. The van der Waals surface area contributed by atoms with E-state index < -0.39 is 18.0 Å². The first-order valence-corrected chi connectivity index (χ1v) is 8.08. The van der Waals surface area contributed by atoms with Gasteiger partial charge in [-0.15, -0.1) is 0 Å². The molecular weight excluding hydrogens is 361 g/mol. The molecule has 1 heterocycles. The zero-order chi connectivity index (χ0) is 19.6. The first-order chi connectivity index (χ1) is 12.8. The Kier molecular flexibility index (Phi) is 4.89. The molecule has 140 valence electrons. The summed E-state index contributed by atoms with van der Waals surface area (Å²) in [6.07, 6.45) is -4.98. The summed E-state index contributed by atoms with van der Waals surface area (Å²) in [5.74, 6) is -2.44. The molecule has 0 spiro atoms. The molecule has 3 aromatic rings. The van der Waals surface area contributed by atoms with Crippen molar-refractivity contribution in [1.29, 1.82) is 0 Å². The summed E-state index contributed by atoms with van der Waals surface area (Å²) in [5.41, 5.74) is 0.818. The van der Waals surface area contributed by atoms with Crippen LogP contribution in [-0.2, 0) is 4.79 Å².